The molecule has 256 valence electrons. The van der Waals surface area contributed by atoms with Crippen LogP contribution in [0.2, 0.25) is 0 Å². The van der Waals surface area contributed by atoms with Crippen LogP contribution in [-0.4, -0.2) is 19.5 Å². The summed E-state index contributed by atoms with van der Waals surface area (Å²) in [6.45, 7) is 0. The lowest BCUT2D eigenvalue weighted by molar-refractivity contribution is 0.668. The van der Waals surface area contributed by atoms with Gasteiger partial charge < -0.3 is 8.83 Å². The minimum Gasteiger partial charge on any atom is -0.456 e. The van der Waals surface area contributed by atoms with E-state index in [-0.39, 0.29) is 0 Å². The number of aromatic nitrogens is 4. The molecule has 6 heteroatoms. The normalized spacial score (nSPS) is 12.0. The molecule has 0 spiro atoms. The zero-order chi connectivity index (χ0) is 36.0. The third kappa shape index (κ3) is 4.46. The predicted octanol–water partition coefficient (Wildman–Crippen LogP) is 12.9. The average Bonchev–Trinajstić information content (AvgIpc) is 3.93. The van der Waals surface area contributed by atoms with Crippen LogP contribution in [0.3, 0.4) is 0 Å². The Balaban J connectivity index is 1.16. The lowest BCUT2D eigenvalue weighted by Crippen LogP contribution is -2.06. The van der Waals surface area contributed by atoms with E-state index < -0.39 is 0 Å². The first-order chi connectivity index (χ1) is 27.3. The van der Waals surface area contributed by atoms with E-state index >= 15 is 0 Å². The average molecular weight is 705 g/mol. The van der Waals surface area contributed by atoms with E-state index in [0.717, 1.165) is 98.7 Å². The predicted molar refractivity (Wildman–Crippen MR) is 223 cm³/mol. The van der Waals surface area contributed by atoms with Crippen molar-refractivity contribution in [1.29, 1.82) is 0 Å². The van der Waals surface area contributed by atoms with E-state index in [2.05, 4.69) is 102 Å². The molecule has 0 aliphatic heterocycles. The van der Waals surface area contributed by atoms with Crippen molar-refractivity contribution in [3.05, 3.63) is 170 Å². The number of fused-ring (bicyclic) bond motifs is 12. The molecule has 0 bridgehead atoms. The van der Waals surface area contributed by atoms with Crippen LogP contribution in [0, 0.1) is 0 Å². The van der Waals surface area contributed by atoms with Crippen molar-refractivity contribution in [3.63, 3.8) is 0 Å². The molecule has 4 aromatic heterocycles. The monoisotopic (exact) mass is 704 g/mol. The Morgan fingerprint density at radius 3 is 1.75 bits per heavy atom. The Morgan fingerprint density at radius 1 is 0.382 bits per heavy atom. The van der Waals surface area contributed by atoms with E-state index in [9.17, 15) is 0 Å². The minimum atomic E-state index is 0.525. The summed E-state index contributed by atoms with van der Waals surface area (Å²) in [4.78, 5) is 15.3. The fraction of sp³-hybridized carbons (Fsp3) is 0. The van der Waals surface area contributed by atoms with Crippen molar-refractivity contribution in [1.82, 2.24) is 19.5 Å². The second kappa shape index (κ2) is 11.5. The van der Waals surface area contributed by atoms with Gasteiger partial charge in [-0.05, 0) is 58.3 Å². The molecule has 0 amide bonds. The van der Waals surface area contributed by atoms with Gasteiger partial charge >= 0.3 is 0 Å². The molecule has 0 saturated carbocycles. The molecule has 12 aromatic rings. The first-order valence-electron chi connectivity index (χ1n) is 18.4. The quantitative estimate of drug-likeness (QED) is 0.182. The molecular formula is C49H28N4O2. The van der Waals surface area contributed by atoms with Gasteiger partial charge in [0.25, 0.3) is 0 Å². The fourth-order valence-electron chi connectivity index (χ4n) is 8.38. The van der Waals surface area contributed by atoms with Crippen molar-refractivity contribution < 1.29 is 8.83 Å². The van der Waals surface area contributed by atoms with Crippen LogP contribution in [0.4, 0.5) is 0 Å². The molecule has 0 atom stereocenters. The van der Waals surface area contributed by atoms with Crippen LogP contribution in [0.25, 0.3) is 116 Å². The molecule has 0 saturated heterocycles. The third-order valence-corrected chi connectivity index (χ3v) is 10.9. The highest BCUT2D eigenvalue weighted by Crippen LogP contribution is 2.45. The molecule has 0 unspecified atom stereocenters. The van der Waals surface area contributed by atoms with Crippen LogP contribution in [0.15, 0.2) is 179 Å². The van der Waals surface area contributed by atoms with Gasteiger partial charge in [-0.25, -0.2) is 4.98 Å². The highest BCUT2D eigenvalue weighted by atomic mass is 16.3. The van der Waals surface area contributed by atoms with E-state index in [1.165, 1.54) is 0 Å². The molecule has 8 aromatic carbocycles. The summed E-state index contributed by atoms with van der Waals surface area (Å²) in [5, 5.41) is 8.74. The van der Waals surface area contributed by atoms with Gasteiger partial charge in [0.1, 0.15) is 22.3 Å². The van der Waals surface area contributed by atoms with E-state index in [0.29, 0.717) is 17.6 Å². The van der Waals surface area contributed by atoms with Gasteiger partial charge in [-0.2, -0.15) is 9.97 Å². The van der Waals surface area contributed by atoms with Gasteiger partial charge in [-0.3, -0.25) is 4.57 Å². The first-order valence-corrected chi connectivity index (χ1v) is 18.4. The van der Waals surface area contributed by atoms with Gasteiger partial charge in [0.15, 0.2) is 17.2 Å². The molecular weight excluding hydrogens is 677 g/mol. The molecule has 12 rings (SSSR count). The molecule has 6 nitrogen and oxygen atoms in total. The van der Waals surface area contributed by atoms with Gasteiger partial charge in [0.05, 0.1) is 5.52 Å². The summed E-state index contributed by atoms with van der Waals surface area (Å²) in [7, 11) is 0. The Kier molecular flexibility index (Phi) is 6.24. The summed E-state index contributed by atoms with van der Waals surface area (Å²) in [6.07, 6.45) is 0. The van der Waals surface area contributed by atoms with Crippen molar-refractivity contribution >= 4 is 76.5 Å². The van der Waals surface area contributed by atoms with Crippen LogP contribution >= 0.6 is 0 Å². The van der Waals surface area contributed by atoms with E-state index in [1.807, 2.05) is 72.8 Å². The Bertz CT molecular complexity index is 3430. The summed E-state index contributed by atoms with van der Waals surface area (Å²) < 4.78 is 15.5. The van der Waals surface area contributed by atoms with Crippen LogP contribution in [0.5, 0.6) is 0 Å². The number of para-hydroxylation sites is 2. The van der Waals surface area contributed by atoms with Gasteiger partial charge in [-0.1, -0.05) is 133 Å². The van der Waals surface area contributed by atoms with Crippen molar-refractivity contribution in [2.45, 2.75) is 0 Å². The molecule has 0 aliphatic carbocycles. The van der Waals surface area contributed by atoms with Crippen LogP contribution < -0.4 is 0 Å². The lowest BCUT2D eigenvalue weighted by atomic mass is 9.94. The van der Waals surface area contributed by atoms with Crippen LogP contribution in [-0.2, 0) is 0 Å². The summed E-state index contributed by atoms with van der Waals surface area (Å²) in [6, 6.07) is 58.5. The summed E-state index contributed by atoms with van der Waals surface area (Å²) in [5.41, 5.74) is 9.21. The number of hydrogen-bond donors (Lipinski definition) is 0. The molecule has 55 heavy (non-hydrogen) atoms. The molecule has 0 aliphatic rings. The van der Waals surface area contributed by atoms with E-state index in [4.69, 9.17) is 23.8 Å². The second-order valence-corrected chi connectivity index (χ2v) is 14.0. The SMILES string of the molecule is c1ccc(-c2nc(-c3ccccc3)nc(-n3c4ccccc4c4ccc5c(oc6cc(-c7ccc8c(c7)oc7ccccc78)c7ccccc7c65)c43)n2)cc1. The van der Waals surface area contributed by atoms with Gasteiger partial charge in [0, 0.05) is 43.4 Å². The molecule has 0 radical (unpaired) electrons. The van der Waals surface area contributed by atoms with Crippen molar-refractivity contribution in [2.75, 3.05) is 0 Å². The highest BCUT2D eigenvalue weighted by Gasteiger charge is 2.23. The minimum absolute atomic E-state index is 0.525. The Morgan fingerprint density at radius 2 is 0.982 bits per heavy atom. The first kappa shape index (κ1) is 29.9. The van der Waals surface area contributed by atoms with Gasteiger partial charge in [-0.15, -0.1) is 0 Å². The summed E-state index contributed by atoms with van der Waals surface area (Å²) in [5.74, 6) is 1.73. The largest absolute Gasteiger partial charge is 0.456 e. The molecule has 0 fully saturated rings. The maximum Gasteiger partial charge on any atom is 0.238 e. The van der Waals surface area contributed by atoms with Crippen molar-refractivity contribution in [3.8, 4) is 39.9 Å². The summed E-state index contributed by atoms with van der Waals surface area (Å²) >= 11 is 0. The number of rotatable bonds is 4. The van der Waals surface area contributed by atoms with Gasteiger partial charge in [0.2, 0.25) is 5.95 Å². The zero-order valence-electron chi connectivity index (χ0n) is 29.3. The highest BCUT2D eigenvalue weighted by molar-refractivity contribution is 6.27. The maximum atomic E-state index is 7.08. The topological polar surface area (TPSA) is 69.9 Å². The molecule has 4 heterocycles. The number of furan rings is 2. The smallest absolute Gasteiger partial charge is 0.238 e. The van der Waals surface area contributed by atoms with E-state index in [1.54, 1.807) is 0 Å². The number of benzene rings is 8. The maximum absolute atomic E-state index is 7.08. The Hall–Kier alpha value is -7.57. The fourth-order valence-corrected chi connectivity index (χ4v) is 8.38. The van der Waals surface area contributed by atoms with Crippen LogP contribution in [0.1, 0.15) is 0 Å². The lowest BCUT2D eigenvalue weighted by Gasteiger charge is -2.11. The zero-order valence-corrected chi connectivity index (χ0v) is 29.3. The number of hydrogen-bond acceptors (Lipinski definition) is 5. The Labute approximate surface area is 313 Å². The number of nitrogens with zero attached hydrogens (tertiary/aromatic N) is 4. The molecule has 0 N–H and O–H groups in total. The van der Waals surface area contributed by atoms with Crippen molar-refractivity contribution in [2.24, 2.45) is 0 Å². The second-order valence-electron chi connectivity index (χ2n) is 14.0. The third-order valence-electron chi connectivity index (χ3n) is 10.9. The standard InChI is InChI=1S/C49H28N4O2/c1-3-13-29(14-4-1)47-50-48(30-15-5-2-6-16-30)52-49(51-47)53-40-21-11-9-18-33(40)37-25-26-38-44-36-20-8-7-17-32(36)39(28-43(44)55-46(38)45(37)53)31-23-24-35-34-19-10-12-22-41(34)54-42(35)27-31/h1-28H.